The van der Waals surface area contributed by atoms with Crippen molar-refractivity contribution in [3.05, 3.63) is 29.8 Å². The highest BCUT2D eigenvalue weighted by Crippen LogP contribution is 2.22. The summed E-state index contributed by atoms with van der Waals surface area (Å²) in [5.41, 5.74) is 1.87. The van der Waals surface area contributed by atoms with Crippen LogP contribution in [0.3, 0.4) is 0 Å². The van der Waals surface area contributed by atoms with Gasteiger partial charge in [0.25, 0.3) is 0 Å². The monoisotopic (exact) mass is 301 g/mol. The SMILES string of the molecule is Cc1cccc(NC(=O)C[C@@H]2N[C@H]3CCCC[C@@H]3NC2=O)c1. The van der Waals surface area contributed by atoms with E-state index in [1.807, 2.05) is 31.2 Å². The number of hydrogen-bond donors (Lipinski definition) is 3. The lowest BCUT2D eigenvalue weighted by molar-refractivity contribution is -0.129. The average Bonchev–Trinajstić information content (AvgIpc) is 2.48. The number of benzene rings is 1. The molecule has 1 aromatic carbocycles. The molecule has 118 valence electrons. The fourth-order valence-electron chi connectivity index (χ4n) is 3.39. The van der Waals surface area contributed by atoms with Crippen molar-refractivity contribution in [2.75, 3.05) is 5.32 Å². The summed E-state index contributed by atoms with van der Waals surface area (Å²) in [4.78, 5) is 24.3. The van der Waals surface area contributed by atoms with Gasteiger partial charge in [0.2, 0.25) is 11.8 Å². The molecule has 3 atom stereocenters. The van der Waals surface area contributed by atoms with Gasteiger partial charge in [-0.2, -0.15) is 0 Å². The predicted molar refractivity (Wildman–Crippen MR) is 85.5 cm³/mol. The molecular weight excluding hydrogens is 278 g/mol. The zero-order valence-corrected chi connectivity index (χ0v) is 12.9. The molecule has 5 nitrogen and oxygen atoms in total. The lowest BCUT2D eigenvalue weighted by Crippen LogP contribution is -2.65. The Kier molecular flexibility index (Phi) is 4.43. The van der Waals surface area contributed by atoms with Crippen LogP contribution in [0.5, 0.6) is 0 Å². The lowest BCUT2D eigenvalue weighted by Gasteiger charge is -2.40. The summed E-state index contributed by atoms with van der Waals surface area (Å²) in [7, 11) is 0. The number of carbonyl (C=O) groups excluding carboxylic acids is 2. The molecule has 1 aromatic rings. The van der Waals surface area contributed by atoms with Gasteiger partial charge in [0.05, 0.1) is 12.5 Å². The predicted octanol–water partition coefficient (Wildman–Crippen LogP) is 1.72. The van der Waals surface area contributed by atoms with Crippen LogP contribution in [0.15, 0.2) is 24.3 Å². The van der Waals surface area contributed by atoms with Gasteiger partial charge in [-0.3, -0.25) is 9.59 Å². The highest BCUT2D eigenvalue weighted by atomic mass is 16.2. The molecule has 1 aliphatic heterocycles. The van der Waals surface area contributed by atoms with E-state index < -0.39 is 6.04 Å². The van der Waals surface area contributed by atoms with Crippen molar-refractivity contribution in [1.82, 2.24) is 10.6 Å². The van der Waals surface area contributed by atoms with Crippen LogP contribution < -0.4 is 16.0 Å². The molecule has 2 amide bonds. The summed E-state index contributed by atoms with van der Waals surface area (Å²) in [6, 6.07) is 7.78. The van der Waals surface area contributed by atoms with Gasteiger partial charge in [-0.1, -0.05) is 25.0 Å². The Labute approximate surface area is 130 Å². The van der Waals surface area contributed by atoms with E-state index in [2.05, 4.69) is 16.0 Å². The molecule has 0 bridgehead atoms. The summed E-state index contributed by atoms with van der Waals surface area (Å²) in [5, 5.41) is 9.29. The van der Waals surface area contributed by atoms with Crippen molar-refractivity contribution >= 4 is 17.5 Å². The van der Waals surface area contributed by atoms with E-state index in [9.17, 15) is 9.59 Å². The van der Waals surface area contributed by atoms with Gasteiger partial charge < -0.3 is 16.0 Å². The van der Waals surface area contributed by atoms with E-state index in [0.29, 0.717) is 6.04 Å². The third kappa shape index (κ3) is 3.47. The molecule has 1 saturated carbocycles. The van der Waals surface area contributed by atoms with Crippen LogP contribution in [0.1, 0.15) is 37.7 Å². The second-order valence-corrected chi connectivity index (χ2v) is 6.35. The molecule has 0 spiro atoms. The molecule has 22 heavy (non-hydrogen) atoms. The number of carbonyl (C=O) groups is 2. The molecule has 0 radical (unpaired) electrons. The Hall–Kier alpha value is -1.88. The van der Waals surface area contributed by atoms with Crippen LogP contribution >= 0.6 is 0 Å². The quantitative estimate of drug-likeness (QED) is 0.796. The molecule has 1 aliphatic carbocycles. The summed E-state index contributed by atoms with van der Waals surface area (Å²) < 4.78 is 0. The van der Waals surface area contributed by atoms with Crippen LogP contribution in [0, 0.1) is 6.92 Å². The van der Waals surface area contributed by atoms with Crippen molar-refractivity contribution in [2.24, 2.45) is 0 Å². The molecule has 0 unspecified atom stereocenters. The van der Waals surface area contributed by atoms with Crippen LogP contribution in [0.4, 0.5) is 5.69 Å². The van der Waals surface area contributed by atoms with E-state index in [1.54, 1.807) is 0 Å². The van der Waals surface area contributed by atoms with Crippen LogP contribution in [0.25, 0.3) is 0 Å². The van der Waals surface area contributed by atoms with E-state index in [0.717, 1.165) is 24.1 Å². The maximum Gasteiger partial charge on any atom is 0.237 e. The van der Waals surface area contributed by atoms with Gasteiger partial charge in [-0.05, 0) is 37.5 Å². The Morgan fingerprint density at radius 1 is 1.27 bits per heavy atom. The van der Waals surface area contributed by atoms with Crippen molar-refractivity contribution in [2.45, 2.75) is 57.2 Å². The molecular formula is C17H23N3O2. The van der Waals surface area contributed by atoms with Gasteiger partial charge in [0.15, 0.2) is 0 Å². The molecule has 1 heterocycles. The third-order valence-corrected chi connectivity index (χ3v) is 4.52. The Bertz CT molecular complexity index is 573. The smallest absolute Gasteiger partial charge is 0.237 e. The number of anilines is 1. The van der Waals surface area contributed by atoms with Crippen molar-refractivity contribution in [1.29, 1.82) is 0 Å². The molecule has 2 aliphatic rings. The minimum absolute atomic E-state index is 0.0532. The van der Waals surface area contributed by atoms with E-state index in [4.69, 9.17) is 0 Å². The Morgan fingerprint density at radius 3 is 2.82 bits per heavy atom. The number of nitrogens with one attached hydrogen (secondary N) is 3. The number of fused-ring (bicyclic) bond motifs is 1. The molecule has 1 saturated heterocycles. The minimum Gasteiger partial charge on any atom is -0.350 e. The van der Waals surface area contributed by atoms with Gasteiger partial charge in [-0.15, -0.1) is 0 Å². The second-order valence-electron chi connectivity index (χ2n) is 6.35. The highest BCUT2D eigenvalue weighted by molar-refractivity contribution is 5.95. The van der Waals surface area contributed by atoms with Crippen molar-refractivity contribution in [3.8, 4) is 0 Å². The molecule has 3 N–H and O–H groups in total. The van der Waals surface area contributed by atoms with Crippen molar-refractivity contribution < 1.29 is 9.59 Å². The van der Waals surface area contributed by atoms with Crippen LogP contribution in [0.2, 0.25) is 0 Å². The summed E-state index contributed by atoms with van der Waals surface area (Å²) in [6.45, 7) is 1.98. The largest absolute Gasteiger partial charge is 0.350 e. The number of rotatable bonds is 3. The molecule has 2 fully saturated rings. The first-order valence-corrected chi connectivity index (χ1v) is 8.05. The lowest BCUT2D eigenvalue weighted by atomic mass is 9.87. The maximum absolute atomic E-state index is 12.2. The first-order valence-electron chi connectivity index (χ1n) is 8.05. The van der Waals surface area contributed by atoms with Gasteiger partial charge in [0.1, 0.15) is 0 Å². The maximum atomic E-state index is 12.2. The summed E-state index contributed by atoms with van der Waals surface area (Å²) in [5.74, 6) is -0.185. The Balaban J connectivity index is 1.57. The fraction of sp³-hybridized carbons (Fsp3) is 0.529. The first-order chi connectivity index (χ1) is 10.6. The summed E-state index contributed by atoms with van der Waals surface area (Å²) >= 11 is 0. The van der Waals surface area contributed by atoms with Gasteiger partial charge in [0, 0.05) is 17.8 Å². The van der Waals surface area contributed by atoms with Gasteiger partial charge in [-0.25, -0.2) is 0 Å². The Morgan fingerprint density at radius 2 is 2.05 bits per heavy atom. The zero-order valence-electron chi connectivity index (χ0n) is 12.9. The number of amides is 2. The zero-order chi connectivity index (χ0) is 15.5. The molecule has 5 heteroatoms. The number of piperazine rings is 1. The molecule has 3 rings (SSSR count). The fourth-order valence-corrected chi connectivity index (χ4v) is 3.39. The first kappa shape index (κ1) is 15.0. The average molecular weight is 301 g/mol. The third-order valence-electron chi connectivity index (χ3n) is 4.52. The van der Waals surface area contributed by atoms with Crippen molar-refractivity contribution in [3.63, 3.8) is 0 Å². The van der Waals surface area contributed by atoms with E-state index in [-0.39, 0.29) is 24.3 Å². The van der Waals surface area contributed by atoms with E-state index in [1.165, 1.54) is 12.8 Å². The highest BCUT2D eigenvalue weighted by Gasteiger charge is 2.36. The number of aryl methyl sites for hydroxylation is 1. The normalized spacial score (nSPS) is 27.7. The van der Waals surface area contributed by atoms with E-state index >= 15 is 0 Å². The summed E-state index contributed by atoms with van der Waals surface area (Å²) in [6.07, 6.45) is 4.63. The van der Waals surface area contributed by atoms with Gasteiger partial charge >= 0.3 is 0 Å². The van der Waals surface area contributed by atoms with Crippen LogP contribution in [-0.2, 0) is 9.59 Å². The standard InChI is InChI=1S/C17H23N3O2/c1-11-5-4-6-12(9-11)18-16(21)10-15-17(22)20-14-8-3-2-7-13(14)19-15/h4-6,9,13-15,19H,2-3,7-8,10H2,1H3,(H,18,21)(H,20,22)/t13-,14-,15-/m0/s1. The second kappa shape index (κ2) is 6.48. The number of hydrogen-bond acceptors (Lipinski definition) is 3. The van der Waals surface area contributed by atoms with Crippen LogP contribution in [-0.4, -0.2) is 29.9 Å². The topological polar surface area (TPSA) is 70.2 Å². The minimum atomic E-state index is -0.427. The molecule has 0 aromatic heterocycles.